The molecule has 3 N–H and O–H groups in total. The van der Waals surface area contributed by atoms with E-state index < -0.39 is 17.8 Å². The standard InChI is InChI=1S/C29H26ClFN4O3/c30-23-11-5-4-10-21(23)28(37)33-20-13-14-22(27(36)15-20)25-16-26(18-7-1-2-8-18)35(34-25)29(38)32-17-19-9-3-6-12-24(19)31/h3-6,9-16,18,36H,1-2,7-8,17H2,(H,32,38)(H,33,37). The fourth-order valence-electron chi connectivity index (χ4n) is 4.76. The van der Waals surface area contributed by atoms with Crippen LogP contribution in [0.4, 0.5) is 14.9 Å². The Morgan fingerprint density at radius 3 is 2.50 bits per heavy atom. The van der Waals surface area contributed by atoms with Gasteiger partial charge in [-0.15, -0.1) is 0 Å². The molecule has 194 valence electrons. The molecule has 1 aliphatic carbocycles. The largest absolute Gasteiger partial charge is 0.507 e. The Morgan fingerprint density at radius 1 is 1.03 bits per heavy atom. The van der Waals surface area contributed by atoms with Crippen LogP contribution in [0.5, 0.6) is 5.75 Å². The highest BCUT2D eigenvalue weighted by atomic mass is 35.5. The number of phenolic OH excluding ortho intramolecular Hbond substituents is 1. The van der Waals surface area contributed by atoms with Gasteiger partial charge in [0.1, 0.15) is 11.6 Å². The first-order valence-electron chi connectivity index (χ1n) is 12.4. The highest BCUT2D eigenvalue weighted by Gasteiger charge is 2.26. The molecule has 3 aromatic carbocycles. The molecule has 1 saturated carbocycles. The van der Waals surface area contributed by atoms with Crippen LogP contribution in [0, 0.1) is 5.82 Å². The van der Waals surface area contributed by atoms with Crippen LogP contribution in [0.1, 0.15) is 53.2 Å². The number of carbonyl (C=O) groups excluding carboxylic acids is 2. The summed E-state index contributed by atoms with van der Waals surface area (Å²) in [5, 5.41) is 21.1. The number of benzene rings is 3. The van der Waals surface area contributed by atoms with E-state index in [9.17, 15) is 19.1 Å². The average molecular weight is 533 g/mol. The molecule has 1 heterocycles. The van der Waals surface area contributed by atoms with Gasteiger partial charge in [-0.05, 0) is 49.2 Å². The molecule has 0 radical (unpaired) electrons. The van der Waals surface area contributed by atoms with Crippen LogP contribution in [-0.4, -0.2) is 26.8 Å². The summed E-state index contributed by atoms with van der Waals surface area (Å²) in [6.45, 7) is 0.0237. The summed E-state index contributed by atoms with van der Waals surface area (Å²) in [4.78, 5) is 25.7. The van der Waals surface area contributed by atoms with Gasteiger partial charge in [0.05, 0.1) is 22.0 Å². The van der Waals surface area contributed by atoms with E-state index in [1.165, 1.54) is 16.8 Å². The second kappa shape index (κ2) is 11.1. The summed E-state index contributed by atoms with van der Waals surface area (Å²) >= 11 is 6.11. The lowest BCUT2D eigenvalue weighted by Crippen LogP contribution is -2.31. The van der Waals surface area contributed by atoms with Gasteiger partial charge in [0.2, 0.25) is 0 Å². The Balaban J connectivity index is 1.39. The minimum Gasteiger partial charge on any atom is -0.507 e. The molecular formula is C29H26ClFN4O3. The molecule has 2 amide bonds. The second-order valence-corrected chi connectivity index (χ2v) is 9.67. The van der Waals surface area contributed by atoms with Gasteiger partial charge in [-0.2, -0.15) is 9.78 Å². The van der Waals surface area contributed by atoms with E-state index >= 15 is 0 Å². The molecule has 7 nitrogen and oxygen atoms in total. The summed E-state index contributed by atoms with van der Waals surface area (Å²) in [6.07, 6.45) is 4.00. The average Bonchev–Trinajstić information content (AvgIpc) is 3.59. The highest BCUT2D eigenvalue weighted by Crippen LogP contribution is 2.38. The van der Waals surface area contributed by atoms with Crippen molar-refractivity contribution in [2.24, 2.45) is 0 Å². The maximum absolute atomic E-state index is 14.0. The summed E-state index contributed by atoms with van der Waals surface area (Å²) < 4.78 is 15.3. The first-order chi connectivity index (χ1) is 18.4. The van der Waals surface area contributed by atoms with Gasteiger partial charge >= 0.3 is 6.03 Å². The van der Waals surface area contributed by atoms with Gasteiger partial charge in [-0.3, -0.25) is 4.79 Å². The predicted molar refractivity (Wildman–Crippen MR) is 144 cm³/mol. The quantitative estimate of drug-likeness (QED) is 0.257. The Kier molecular flexibility index (Phi) is 7.42. The van der Waals surface area contributed by atoms with Crippen LogP contribution in [0.25, 0.3) is 11.3 Å². The van der Waals surface area contributed by atoms with Crippen molar-refractivity contribution in [2.75, 3.05) is 5.32 Å². The third-order valence-corrected chi connectivity index (χ3v) is 7.07. The lowest BCUT2D eigenvalue weighted by molar-refractivity contribution is 0.102. The topological polar surface area (TPSA) is 96.3 Å². The van der Waals surface area contributed by atoms with Crippen LogP contribution in [0.15, 0.2) is 72.8 Å². The third kappa shape index (κ3) is 5.40. The van der Waals surface area contributed by atoms with E-state index in [-0.39, 0.29) is 18.2 Å². The fourth-order valence-corrected chi connectivity index (χ4v) is 4.98. The van der Waals surface area contributed by atoms with Crippen molar-refractivity contribution in [3.63, 3.8) is 0 Å². The van der Waals surface area contributed by atoms with Gasteiger partial charge in [-0.25, -0.2) is 9.18 Å². The zero-order valence-electron chi connectivity index (χ0n) is 20.5. The molecule has 9 heteroatoms. The van der Waals surface area contributed by atoms with Crippen LogP contribution < -0.4 is 10.6 Å². The number of nitrogens with zero attached hydrogens (tertiary/aromatic N) is 2. The molecule has 0 bridgehead atoms. The van der Waals surface area contributed by atoms with Crippen LogP contribution in [0.2, 0.25) is 5.02 Å². The fraction of sp³-hybridized carbons (Fsp3) is 0.207. The maximum Gasteiger partial charge on any atom is 0.342 e. The molecule has 0 atom stereocenters. The number of rotatable bonds is 6. The van der Waals surface area contributed by atoms with Crippen molar-refractivity contribution < 1.29 is 19.1 Å². The first kappa shape index (κ1) is 25.5. The Morgan fingerprint density at radius 2 is 1.76 bits per heavy atom. The van der Waals surface area contributed by atoms with Crippen LogP contribution >= 0.6 is 11.6 Å². The van der Waals surface area contributed by atoms with Crippen molar-refractivity contribution in [3.05, 3.63) is 100 Å². The van der Waals surface area contributed by atoms with E-state index in [0.717, 1.165) is 31.4 Å². The number of aromatic hydroxyl groups is 1. The minimum absolute atomic E-state index is 0.0237. The van der Waals surface area contributed by atoms with E-state index in [2.05, 4.69) is 15.7 Å². The maximum atomic E-state index is 14.0. The number of hydrogen-bond acceptors (Lipinski definition) is 4. The monoisotopic (exact) mass is 532 g/mol. The normalized spacial score (nSPS) is 13.4. The number of hydrogen-bond donors (Lipinski definition) is 3. The molecule has 5 rings (SSSR count). The summed E-state index contributed by atoms with van der Waals surface area (Å²) in [7, 11) is 0. The molecule has 0 unspecified atom stereocenters. The number of carbonyl (C=O) groups is 2. The van der Waals surface area contributed by atoms with Gasteiger partial charge < -0.3 is 15.7 Å². The number of halogens is 2. The number of nitrogens with one attached hydrogen (secondary N) is 2. The minimum atomic E-state index is -0.468. The molecule has 4 aromatic rings. The highest BCUT2D eigenvalue weighted by molar-refractivity contribution is 6.34. The Labute approximate surface area is 224 Å². The lowest BCUT2D eigenvalue weighted by atomic mass is 10.0. The Bertz CT molecular complexity index is 1500. The van der Waals surface area contributed by atoms with Crippen molar-refractivity contribution >= 4 is 29.2 Å². The third-order valence-electron chi connectivity index (χ3n) is 6.74. The summed E-state index contributed by atoms with van der Waals surface area (Å²) in [5.41, 5.74) is 2.67. The molecule has 38 heavy (non-hydrogen) atoms. The number of aromatic nitrogens is 2. The molecule has 1 fully saturated rings. The molecule has 1 aliphatic rings. The number of phenols is 1. The first-order valence-corrected chi connectivity index (χ1v) is 12.8. The number of anilines is 1. The van der Waals surface area contributed by atoms with Gasteiger partial charge in [0.25, 0.3) is 5.91 Å². The van der Waals surface area contributed by atoms with Crippen molar-refractivity contribution in [2.45, 2.75) is 38.1 Å². The van der Waals surface area contributed by atoms with E-state index in [0.29, 0.717) is 33.1 Å². The van der Waals surface area contributed by atoms with Crippen molar-refractivity contribution in [3.8, 4) is 17.0 Å². The molecule has 0 saturated heterocycles. The van der Waals surface area contributed by atoms with Gasteiger partial charge in [-0.1, -0.05) is 54.8 Å². The molecule has 1 aromatic heterocycles. The van der Waals surface area contributed by atoms with Gasteiger partial charge in [0, 0.05) is 35.3 Å². The molecular weight excluding hydrogens is 507 g/mol. The second-order valence-electron chi connectivity index (χ2n) is 9.26. The van der Waals surface area contributed by atoms with E-state index in [4.69, 9.17) is 11.6 Å². The van der Waals surface area contributed by atoms with Crippen molar-refractivity contribution in [1.82, 2.24) is 15.1 Å². The SMILES string of the molecule is O=C(Nc1ccc(-c2cc(C3CCCC3)n(C(=O)NCc3ccccc3F)n2)c(O)c1)c1ccccc1Cl. The lowest BCUT2D eigenvalue weighted by Gasteiger charge is -2.12. The zero-order chi connectivity index (χ0) is 26.6. The van der Waals surface area contributed by atoms with Crippen LogP contribution in [-0.2, 0) is 6.54 Å². The predicted octanol–water partition coefficient (Wildman–Crippen LogP) is 6.72. The van der Waals surface area contributed by atoms with Gasteiger partial charge in [0.15, 0.2) is 0 Å². The molecule has 0 aliphatic heterocycles. The zero-order valence-corrected chi connectivity index (χ0v) is 21.2. The summed E-state index contributed by atoms with van der Waals surface area (Å²) in [5.74, 6) is -0.734. The van der Waals surface area contributed by atoms with Crippen molar-refractivity contribution in [1.29, 1.82) is 0 Å². The Hall–Kier alpha value is -4.17. The van der Waals surface area contributed by atoms with E-state index in [1.54, 1.807) is 54.6 Å². The molecule has 0 spiro atoms. The van der Waals surface area contributed by atoms with Crippen LogP contribution in [0.3, 0.4) is 0 Å². The smallest absolute Gasteiger partial charge is 0.342 e. The summed E-state index contributed by atoms with van der Waals surface area (Å²) in [6, 6.07) is 19.0. The van der Waals surface area contributed by atoms with E-state index in [1.807, 2.05) is 6.07 Å². The number of amides is 2.